The smallest absolute Gasteiger partial charge is 0.338 e. The molecule has 2 aromatic heterocycles. The molecule has 0 saturated heterocycles. The molecule has 0 aliphatic carbocycles. The van der Waals surface area contributed by atoms with Gasteiger partial charge in [0.2, 0.25) is 0 Å². The number of thiophene rings is 2. The number of carboxylic acid groups (broad SMARTS) is 1. The Kier molecular flexibility index (Phi) is 3.45. The molecule has 0 spiro atoms. The van der Waals surface area contributed by atoms with Crippen LogP contribution in [0.1, 0.15) is 20.8 Å². The van der Waals surface area contributed by atoms with Crippen molar-refractivity contribution in [1.29, 1.82) is 0 Å². The summed E-state index contributed by atoms with van der Waals surface area (Å²) in [6.45, 7) is 1.24. The van der Waals surface area contributed by atoms with Gasteiger partial charge in [-0.2, -0.15) is 0 Å². The fourth-order valence-corrected chi connectivity index (χ4v) is 3.83. The minimum absolute atomic E-state index is 0.136. The maximum atomic E-state index is 12.2. The Bertz CT molecular complexity index is 662. The highest BCUT2D eigenvalue weighted by Crippen LogP contribution is 2.26. The third kappa shape index (κ3) is 2.41. The lowest BCUT2D eigenvalue weighted by Crippen LogP contribution is -2.38. The summed E-state index contributed by atoms with van der Waals surface area (Å²) in [5.74, 6) is -1.03. The fourth-order valence-electron chi connectivity index (χ4n) is 2.17. The average molecular weight is 308 g/mol. The van der Waals surface area contributed by atoms with Crippen molar-refractivity contribution in [3.63, 3.8) is 0 Å². The predicted molar refractivity (Wildman–Crippen MR) is 78.7 cm³/mol. The number of carboxylic acids is 1. The molecule has 2 amide bonds. The number of anilines is 1. The number of urea groups is 1. The van der Waals surface area contributed by atoms with Crippen LogP contribution in [0.2, 0.25) is 0 Å². The van der Waals surface area contributed by atoms with Gasteiger partial charge < -0.3 is 10.0 Å². The Balaban J connectivity index is 1.71. The summed E-state index contributed by atoms with van der Waals surface area (Å²) in [6, 6.07) is 3.29. The zero-order chi connectivity index (χ0) is 14.1. The molecule has 0 saturated carbocycles. The minimum Gasteiger partial charge on any atom is -0.478 e. The molecular formula is C13H12N2O3S2. The molecule has 5 nitrogen and oxygen atoms in total. The first-order chi connectivity index (χ1) is 9.65. The normalized spacial score (nSPS) is 13.9. The monoisotopic (exact) mass is 308 g/mol. The van der Waals surface area contributed by atoms with E-state index in [1.165, 1.54) is 27.8 Å². The van der Waals surface area contributed by atoms with Crippen LogP contribution in [0.25, 0.3) is 0 Å². The highest BCUT2D eigenvalue weighted by molar-refractivity contribution is 7.14. The van der Waals surface area contributed by atoms with E-state index in [0.717, 1.165) is 6.42 Å². The van der Waals surface area contributed by atoms with Gasteiger partial charge in [0.05, 0.1) is 5.56 Å². The highest BCUT2D eigenvalue weighted by atomic mass is 32.1. The molecule has 2 aromatic rings. The molecular weight excluding hydrogens is 296 g/mol. The van der Waals surface area contributed by atoms with Crippen LogP contribution in [-0.2, 0) is 13.0 Å². The van der Waals surface area contributed by atoms with Crippen LogP contribution in [0.4, 0.5) is 9.80 Å². The second-order valence-corrected chi connectivity index (χ2v) is 6.36. The number of rotatable bonds is 2. The van der Waals surface area contributed by atoms with Crippen molar-refractivity contribution in [2.75, 3.05) is 11.9 Å². The number of hydrogen-bond donors (Lipinski definition) is 2. The van der Waals surface area contributed by atoms with E-state index in [-0.39, 0.29) is 11.6 Å². The molecule has 3 heterocycles. The van der Waals surface area contributed by atoms with E-state index >= 15 is 0 Å². The van der Waals surface area contributed by atoms with Crippen molar-refractivity contribution < 1.29 is 14.7 Å². The first-order valence-electron chi connectivity index (χ1n) is 6.07. The zero-order valence-corrected chi connectivity index (χ0v) is 12.1. The van der Waals surface area contributed by atoms with E-state index in [9.17, 15) is 9.59 Å². The number of amides is 2. The summed E-state index contributed by atoms with van der Waals surface area (Å²) in [5, 5.41) is 15.8. The van der Waals surface area contributed by atoms with Gasteiger partial charge in [0.1, 0.15) is 5.00 Å². The predicted octanol–water partition coefficient (Wildman–Crippen LogP) is 3.10. The second-order valence-electron chi connectivity index (χ2n) is 4.44. The molecule has 2 N–H and O–H groups in total. The third-order valence-electron chi connectivity index (χ3n) is 3.21. The van der Waals surface area contributed by atoms with Crippen molar-refractivity contribution in [1.82, 2.24) is 4.90 Å². The van der Waals surface area contributed by atoms with Crippen molar-refractivity contribution in [2.24, 2.45) is 0 Å². The van der Waals surface area contributed by atoms with Crippen LogP contribution in [0.5, 0.6) is 0 Å². The van der Waals surface area contributed by atoms with Gasteiger partial charge >= 0.3 is 12.0 Å². The molecule has 0 atom stereocenters. The summed E-state index contributed by atoms with van der Waals surface area (Å²) in [4.78, 5) is 26.3. The van der Waals surface area contributed by atoms with E-state index in [1.807, 2.05) is 11.4 Å². The van der Waals surface area contributed by atoms with Crippen LogP contribution in [0, 0.1) is 0 Å². The Hall–Kier alpha value is -1.86. The lowest BCUT2D eigenvalue weighted by atomic mass is 10.1. The van der Waals surface area contributed by atoms with Crippen molar-refractivity contribution in [3.05, 3.63) is 38.9 Å². The van der Waals surface area contributed by atoms with Gasteiger partial charge in [-0.15, -0.1) is 22.7 Å². The maximum Gasteiger partial charge on any atom is 0.338 e. The SMILES string of the molecule is O=C(O)c1ccsc1NC(=O)N1CCc2sccc2C1. The van der Waals surface area contributed by atoms with Crippen molar-refractivity contribution in [2.45, 2.75) is 13.0 Å². The van der Waals surface area contributed by atoms with Gasteiger partial charge in [0.15, 0.2) is 0 Å². The Morgan fingerprint density at radius 1 is 1.25 bits per heavy atom. The molecule has 0 radical (unpaired) electrons. The standard InChI is InChI=1S/C13H12N2O3S2/c16-12(17)9-3-6-20-11(9)14-13(18)15-4-1-10-8(7-15)2-5-19-10/h2-3,5-6H,1,4,7H2,(H,14,18)(H,16,17). The number of aromatic carboxylic acids is 1. The van der Waals surface area contributed by atoms with Crippen LogP contribution in [0.15, 0.2) is 22.9 Å². The second kappa shape index (κ2) is 5.26. The first-order valence-corrected chi connectivity index (χ1v) is 7.83. The fraction of sp³-hybridized carbons (Fsp3) is 0.231. The molecule has 104 valence electrons. The molecule has 1 aliphatic heterocycles. The molecule has 7 heteroatoms. The minimum atomic E-state index is -1.03. The maximum absolute atomic E-state index is 12.2. The molecule has 3 rings (SSSR count). The van der Waals surface area contributed by atoms with Crippen molar-refractivity contribution in [3.8, 4) is 0 Å². The summed E-state index contributed by atoms with van der Waals surface area (Å²) in [5.41, 5.74) is 1.32. The van der Waals surface area contributed by atoms with E-state index in [2.05, 4.69) is 5.32 Å². The van der Waals surface area contributed by atoms with Crippen LogP contribution >= 0.6 is 22.7 Å². The van der Waals surface area contributed by atoms with Gasteiger partial charge in [-0.3, -0.25) is 5.32 Å². The van der Waals surface area contributed by atoms with Crippen LogP contribution in [0.3, 0.4) is 0 Å². The molecule has 0 aromatic carbocycles. The average Bonchev–Trinajstić information content (AvgIpc) is 3.05. The van der Waals surface area contributed by atoms with Gasteiger partial charge in [0.25, 0.3) is 0 Å². The molecule has 1 aliphatic rings. The summed E-state index contributed by atoms with van der Waals surface area (Å²) in [6.07, 6.45) is 0.858. The summed E-state index contributed by atoms with van der Waals surface area (Å²) in [7, 11) is 0. The summed E-state index contributed by atoms with van der Waals surface area (Å²) < 4.78 is 0. The van der Waals surface area contributed by atoms with Gasteiger partial charge in [-0.05, 0) is 34.9 Å². The number of fused-ring (bicyclic) bond motifs is 1. The molecule has 0 bridgehead atoms. The van der Waals surface area contributed by atoms with Gasteiger partial charge in [-0.1, -0.05) is 0 Å². The molecule has 20 heavy (non-hydrogen) atoms. The lowest BCUT2D eigenvalue weighted by molar-refractivity contribution is 0.0698. The van der Waals surface area contributed by atoms with E-state index < -0.39 is 5.97 Å². The topological polar surface area (TPSA) is 69.6 Å². The Morgan fingerprint density at radius 2 is 2.05 bits per heavy atom. The Labute approximate surface area is 123 Å². The van der Waals surface area contributed by atoms with E-state index in [0.29, 0.717) is 18.1 Å². The number of nitrogens with zero attached hydrogens (tertiary/aromatic N) is 1. The zero-order valence-electron chi connectivity index (χ0n) is 10.5. The van der Waals surface area contributed by atoms with Crippen molar-refractivity contribution >= 4 is 39.7 Å². The largest absolute Gasteiger partial charge is 0.478 e. The Morgan fingerprint density at radius 3 is 2.85 bits per heavy atom. The lowest BCUT2D eigenvalue weighted by Gasteiger charge is -2.27. The number of carbonyl (C=O) groups is 2. The summed E-state index contributed by atoms with van der Waals surface area (Å²) >= 11 is 2.94. The molecule has 0 fully saturated rings. The molecule has 0 unspecified atom stereocenters. The quantitative estimate of drug-likeness (QED) is 0.895. The van der Waals surface area contributed by atoms with Crippen LogP contribution in [-0.4, -0.2) is 28.6 Å². The number of nitrogens with one attached hydrogen (secondary N) is 1. The third-order valence-corrected chi connectivity index (χ3v) is 5.06. The van der Waals surface area contributed by atoms with E-state index in [1.54, 1.807) is 21.6 Å². The van der Waals surface area contributed by atoms with Crippen LogP contribution < -0.4 is 5.32 Å². The van der Waals surface area contributed by atoms with E-state index in [4.69, 9.17) is 5.11 Å². The van der Waals surface area contributed by atoms with Gasteiger partial charge in [0, 0.05) is 18.0 Å². The van der Waals surface area contributed by atoms with Gasteiger partial charge in [-0.25, -0.2) is 9.59 Å². The highest BCUT2D eigenvalue weighted by Gasteiger charge is 2.23. The number of hydrogen-bond acceptors (Lipinski definition) is 4. The number of carbonyl (C=O) groups excluding carboxylic acids is 1. The first kappa shape index (κ1) is 13.1.